The fourth-order valence-electron chi connectivity index (χ4n) is 2.51. The molecule has 24 heavy (non-hydrogen) atoms. The van der Waals surface area contributed by atoms with Gasteiger partial charge in [-0.3, -0.25) is 0 Å². The zero-order chi connectivity index (χ0) is 17.2. The van der Waals surface area contributed by atoms with Crippen molar-refractivity contribution < 1.29 is 4.74 Å². The molecule has 0 spiro atoms. The number of nitrogens with one attached hydrogen (secondary N) is 2. The number of hydrogen-bond donors (Lipinski definition) is 2. The zero-order valence-electron chi connectivity index (χ0n) is 15.3. The summed E-state index contributed by atoms with van der Waals surface area (Å²) in [5, 5.41) is 6.75. The van der Waals surface area contributed by atoms with Gasteiger partial charge in [-0.25, -0.2) is 4.99 Å². The van der Waals surface area contributed by atoms with Crippen molar-refractivity contribution in [2.45, 2.75) is 46.2 Å². The lowest BCUT2D eigenvalue weighted by molar-refractivity contribution is 0.221. The molecule has 1 aliphatic carbocycles. The minimum absolute atomic E-state index is 0.600. The largest absolute Gasteiger partial charge is 0.492 e. The Hall–Kier alpha value is -1.75. The molecule has 0 aromatic heterocycles. The summed E-state index contributed by atoms with van der Waals surface area (Å²) in [5.74, 6) is 1.84. The summed E-state index contributed by atoms with van der Waals surface area (Å²) in [4.78, 5) is 7.07. The van der Waals surface area contributed by atoms with Gasteiger partial charge in [0.05, 0.1) is 6.54 Å². The van der Waals surface area contributed by atoms with E-state index in [0.717, 1.165) is 43.5 Å². The van der Waals surface area contributed by atoms with Gasteiger partial charge in [-0.15, -0.1) is 0 Å². The van der Waals surface area contributed by atoms with Crippen molar-refractivity contribution >= 4 is 5.96 Å². The topological polar surface area (TPSA) is 48.9 Å². The Bertz CT molecular complexity index is 510. The Morgan fingerprint density at radius 2 is 1.96 bits per heavy atom. The van der Waals surface area contributed by atoms with Gasteiger partial charge in [-0.05, 0) is 38.9 Å². The van der Waals surface area contributed by atoms with Crippen molar-refractivity contribution in [2.24, 2.45) is 4.99 Å². The van der Waals surface area contributed by atoms with E-state index in [4.69, 9.17) is 9.73 Å². The van der Waals surface area contributed by atoms with Crippen LogP contribution < -0.4 is 15.4 Å². The van der Waals surface area contributed by atoms with Crippen molar-refractivity contribution in [3.05, 3.63) is 29.8 Å². The van der Waals surface area contributed by atoms with Gasteiger partial charge < -0.3 is 20.3 Å². The summed E-state index contributed by atoms with van der Waals surface area (Å²) in [5.41, 5.74) is 1.13. The molecule has 1 aliphatic rings. The molecule has 0 heterocycles. The van der Waals surface area contributed by atoms with Crippen LogP contribution in [0.25, 0.3) is 0 Å². The minimum atomic E-state index is 0.600. The maximum atomic E-state index is 6.01. The first-order valence-corrected chi connectivity index (χ1v) is 9.24. The van der Waals surface area contributed by atoms with Gasteiger partial charge in [-0.2, -0.15) is 0 Å². The smallest absolute Gasteiger partial charge is 0.191 e. The van der Waals surface area contributed by atoms with E-state index >= 15 is 0 Å². The van der Waals surface area contributed by atoms with Gasteiger partial charge in [0.1, 0.15) is 12.4 Å². The third-order valence-corrected chi connectivity index (χ3v) is 4.20. The molecule has 1 aromatic rings. The van der Waals surface area contributed by atoms with Gasteiger partial charge in [0, 0.05) is 24.7 Å². The van der Waals surface area contributed by atoms with Gasteiger partial charge in [-0.1, -0.05) is 32.0 Å². The first-order valence-electron chi connectivity index (χ1n) is 9.24. The van der Waals surface area contributed by atoms with Crippen LogP contribution in [0.5, 0.6) is 5.75 Å². The highest BCUT2D eigenvalue weighted by atomic mass is 16.5. The Balaban J connectivity index is 1.91. The summed E-state index contributed by atoms with van der Waals surface area (Å²) >= 11 is 0. The number of benzene rings is 1. The van der Waals surface area contributed by atoms with Crippen LogP contribution in [0.2, 0.25) is 0 Å². The van der Waals surface area contributed by atoms with Gasteiger partial charge >= 0.3 is 0 Å². The summed E-state index contributed by atoms with van der Waals surface area (Å²) in [6, 6.07) is 8.80. The second kappa shape index (κ2) is 10.2. The lowest BCUT2D eigenvalue weighted by Gasteiger charge is -2.18. The van der Waals surface area contributed by atoms with E-state index in [-0.39, 0.29) is 0 Å². The standard InChI is InChI=1S/C19H32N4O/c1-4-20-19(22-17-11-12-17)21-15-16-9-7-8-10-18(16)24-14-13-23(5-2)6-3/h7-10,17H,4-6,11-15H2,1-3H3,(H2,20,21,22). The molecule has 5 nitrogen and oxygen atoms in total. The molecule has 0 saturated heterocycles. The molecule has 2 N–H and O–H groups in total. The molecular formula is C19H32N4O. The average molecular weight is 332 g/mol. The molecule has 0 atom stereocenters. The highest BCUT2D eigenvalue weighted by molar-refractivity contribution is 5.80. The quantitative estimate of drug-likeness (QED) is 0.511. The molecule has 1 saturated carbocycles. The summed E-state index contributed by atoms with van der Waals surface area (Å²) < 4.78 is 6.01. The molecule has 0 unspecified atom stereocenters. The van der Waals surface area contributed by atoms with Crippen molar-refractivity contribution in [1.82, 2.24) is 15.5 Å². The van der Waals surface area contributed by atoms with Crippen LogP contribution in [0.15, 0.2) is 29.3 Å². The van der Waals surface area contributed by atoms with Crippen LogP contribution in [-0.2, 0) is 6.54 Å². The van der Waals surface area contributed by atoms with E-state index in [0.29, 0.717) is 19.2 Å². The lowest BCUT2D eigenvalue weighted by Crippen LogP contribution is -2.38. The molecule has 2 rings (SSSR count). The van der Waals surface area contributed by atoms with E-state index in [9.17, 15) is 0 Å². The first-order chi connectivity index (χ1) is 11.8. The van der Waals surface area contributed by atoms with Crippen molar-refractivity contribution in [1.29, 1.82) is 0 Å². The number of rotatable bonds is 10. The Labute approximate surface area is 146 Å². The van der Waals surface area contributed by atoms with Crippen molar-refractivity contribution in [3.8, 4) is 5.75 Å². The van der Waals surface area contributed by atoms with Crippen molar-refractivity contribution in [2.75, 3.05) is 32.8 Å². The molecule has 5 heteroatoms. The summed E-state index contributed by atoms with van der Waals surface area (Å²) in [7, 11) is 0. The Morgan fingerprint density at radius 1 is 1.21 bits per heavy atom. The van der Waals surface area contributed by atoms with E-state index in [2.05, 4.69) is 42.4 Å². The molecule has 1 fully saturated rings. The van der Waals surface area contributed by atoms with Crippen molar-refractivity contribution in [3.63, 3.8) is 0 Å². The summed E-state index contributed by atoms with van der Waals surface area (Å²) in [6.45, 7) is 11.7. The third kappa shape index (κ3) is 6.40. The van der Waals surface area contributed by atoms with Crippen LogP contribution in [0.1, 0.15) is 39.2 Å². The molecule has 0 aliphatic heterocycles. The Kier molecular flexibility index (Phi) is 7.89. The predicted octanol–water partition coefficient (Wildman–Crippen LogP) is 2.62. The number of ether oxygens (including phenoxy) is 1. The molecular weight excluding hydrogens is 300 g/mol. The van der Waals surface area contributed by atoms with Gasteiger partial charge in [0.25, 0.3) is 0 Å². The number of likely N-dealkylation sites (N-methyl/N-ethyl adjacent to an activating group) is 1. The highest BCUT2D eigenvalue weighted by Crippen LogP contribution is 2.20. The molecule has 134 valence electrons. The second-order valence-electron chi connectivity index (χ2n) is 6.10. The molecule has 0 radical (unpaired) electrons. The zero-order valence-corrected chi connectivity index (χ0v) is 15.3. The van der Waals surface area contributed by atoms with E-state index < -0.39 is 0 Å². The highest BCUT2D eigenvalue weighted by Gasteiger charge is 2.22. The minimum Gasteiger partial charge on any atom is -0.492 e. The number of aliphatic imine (C=N–C) groups is 1. The molecule has 0 amide bonds. The normalized spacial score (nSPS) is 14.8. The lowest BCUT2D eigenvalue weighted by atomic mass is 10.2. The van der Waals surface area contributed by atoms with Crippen LogP contribution in [0.3, 0.4) is 0 Å². The van der Waals surface area contributed by atoms with Crippen LogP contribution >= 0.6 is 0 Å². The van der Waals surface area contributed by atoms with E-state index in [1.807, 2.05) is 18.2 Å². The van der Waals surface area contributed by atoms with Gasteiger partial charge in [0.15, 0.2) is 5.96 Å². The summed E-state index contributed by atoms with van der Waals surface area (Å²) in [6.07, 6.45) is 2.49. The predicted molar refractivity (Wildman–Crippen MR) is 101 cm³/mol. The van der Waals surface area contributed by atoms with E-state index in [1.54, 1.807) is 0 Å². The monoisotopic (exact) mass is 332 g/mol. The van der Waals surface area contributed by atoms with E-state index in [1.165, 1.54) is 12.8 Å². The average Bonchev–Trinajstić information content (AvgIpc) is 3.42. The number of hydrogen-bond acceptors (Lipinski definition) is 3. The Morgan fingerprint density at radius 3 is 2.62 bits per heavy atom. The van der Waals surface area contributed by atoms with Crippen LogP contribution in [0, 0.1) is 0 Å². The molecule has 1 aromatic carbocycles. The first kappa shape index (κ1) is 18.6. The van der Waals surface area contributed by atoms with Gasteiger partial charge in [0.2, 0.25) is 0 Å². The van der Waals surface area contributed by atoms with Crippen LogP contribution in [0.4, 0.5) is 0 Å². The number of nitrogens with zero attached hydrogens (tertiary/aromatic N) is 2. The maximum Gasteiger partial charge on any atom is 0.191 e. The second-order valence-corrected chi connectivity index (χ2v) is 6.10. The molecule has 0 bridgehead atoms. The SMILES string of the molecule is CCNC(=NCc1ccccc1OCCN(CC)CC)NC1CC1. The third-order valence-electron chi connectivity index (χ3n) is 4.20. The number of para-hydroxylation sites is 1. The maximum absolute atomic E-state index is 6.01. The van der Waals surface area contributed by atoms with Crippen LogP contribution in [-0.4, -0.2) is 49.7 Å². The fourth-order valence-corrected chi connectivity index (χ4v) is 2.51. The number of guanidine groups is 1. The fraction of sp³-hybridized carbons (Fsp3) is 0.632.